The summed E-state index contributed by atoms with van der Waals surface area (Å²) in [6.07, 6.45) is 5.25. The van der Waals surface area contributed by atoms with Crippen molar-refractivity contribution >= 4 is 29.0 Å². The fraction of sp³-hybridized carbons (Fsp3) is 0.0741. The number of hydrogen-bond donors (Lipinski definition) is 3. The van der Waals surface area contributed by atoms with E-state index in [1.54, 1.807) is 72.4 Å². The van der Waals surface area contributed by atoms with Crippen LogP contribution in [-0.4, -0.2) is 28.2 Å². The predicted molar refractivity (Wildman–Crippen MR) is 136 cm³/mol. The first-order valence-electron chi connectivity index (χ1n) is 10.9. The Balaban J connectivity index is 1.45. The second-order valence-electron chi connectivity index (χ2n) is 7.71. The van der Waals surface area contributed by atoms with Crippen molar-refractivity contribution in [3.8, 4) is 29.4 Å². The zero-order chi connectivity index (χ0) is 25.5. The number of terminal acetylenes is 1. The molecule has 36 heavy (non-hydrogen) atoms. The lowest BCUT2D eigenvalue weighted by atomic mass is 10.1. The Kier molecular flexibility index (Phi) is 7.17. The molecular formula is C27H22N6O3. The van der Waals surface area contributed by atoms with Gasteiger partial charge in [-0.1, -0.05) is 36.3 Å². The van der Waals surface area contributed by atoms with Gasteiger partial charge in [0.15, 0.2) is 5.69 Å². The van der Waals surface area contributed by atoms with E-state index in [0.29, 0.717) is 39.8 Å². The summed E-state index contributed by atoms with van der Waals surface area (Å²) in [7, 11) is 1.72. The monoisotopic (exact) mass is 478 g/mol. The van der Waals surface area contributed by atoms with E-state index in [1.807, 2.05) is 17.2 Å². The Labute approximate surface area is 207 Å². The number of aromatic nitrogens is 2. The van der Waals surface area contributed by atoms with E-state index in [2.05, 4.69) is 21.7 Å². The third-order valence-corrected chi connectivity index (χ3v) is 5.26. The molecule has 0 saturated heterocycles. The van der Waals surface area contributed by atoms with Gasteiger partial charge in [0.1, 0.15) is 18.2 Å². The summed E-state index contributed by atoms with van der Waals surface area (Å²) in [4.78, 5) is 25.4. The first kappa shape index (κ1) is 23.9. The highest BCUT2D eigenvalue weighted by atomic mass is 16.5. The normalized spacial score (nSPS) is 10.2. The first-order valence-corrected chi connectivity index (χ1v) is 10.9. The number of rotatable bonds is 8. The van der Waals surface area contributed by atoms with Crippen LogP contribution in [0.3, 0.4) is 0 Å². The molecule has 0 saturated carbocycles. The van der Waals surface area contributed by atoms with Crippen molar-refractivity contribution in [3.63, 3.8) is 0 Å². The molecule has 4 rings (SSSR count). The number of benzene rings is 3. The maximum atomic E-state index is 12.7. The first-order chi connectivity index (χ1) is 17.5. The minimum absolute atomic E-state index is 0.0672. The lowest BCUT2D eigenvalue weighted by molar-refractivity contribution is -0.379. The zero-order valence-electron chi connectivity index (χ0n) is 19.4. The van der Waals surface area contributed by atoms with Crippen LogP contribution in [0.15, 0.2) is 78.9 Å². The number of nitrogens with one attached hydrogen (secondary N) is 3. The van der Waals surface area contributed by atoms with Crippen molar-refractivity contribution < 1.29 is 19.4 Å². The zero-order valence-corrected chi connectivity index (χ0v) is 19.4. The second kappa shape index (κ2) is 10.8. The van der Waals surface area contributed by atoms with Gasteiger partial charge in [0, 0.05) is 42.1 Å². The van der Waals surface area contributed by atoms with E-state index in [1.165, 1.54) is 6.07 Å². The summed E-state index contributed by atoms with van der Waals surface area (Å²) in [6, 6.07) is 22.2. The molecule has 2 amide bonds. The van der Waals surface area contributed by atoms with Gasteiger partial charge in [0.05, 0.1) is 11.3 Å². The minimum Gasteiger partial charge on any atom is -0.502 e. The smallest absolute Gasteiger partial charge is 0.259 e. The van der Waals surface area contributed by atoms with Crippen molar-refractivity contribution in [1.29, 1.82) is 0 Å². The number of hydrogen-bond acceptors (Lipinski definition) is 4. The molecule has 0 unspecified atom stereocenters. The molecule has 0 spiro atoms. The molecular weight excluding hydrogens is 456 g/mol. The molecule has 0 aliphatic rings. The summed E-state index contributed by atoms with van der Waals surface area (Å²) in [5.41, 5.74) is 12.2. The van der Waals surface area contributed by atoms with Gasteiger partial charge >= 0.3 is 0 Å². The topological polar surface area (TPSA) is 122 Å². The van der Waals surface area contributed by atoms with Crippen LogP contribution in [-0.2, 0) is 7.05 Å². The number of amides is 2. The summed E-state index contributed by atoms with van der Waals surface area (Å²) < 4.78 is 7.01. The van der Waals surface area contributed by atoms with Gasteiger partial charge in [-0.25, -0.2) is 0 Å². The molecule has 0 aliphatic carbocycles. The van der Waals surface area contributed by atoms with E-state index >= 15 is 0 Å². The van der Waals surface area contributed by atoms with E-state index < -0.39 is 0 Å². The van der Waals surface area contributed by atoms with Gasteiger partial charge in [-0.05, 0) is 30.3 Å². The van der Waals surface area contributed by atoms with Crippen molar-refractivity contribution in [3.05, 3.63) is 95.5 Å². The average Bonchev–Trinajstić information content (AvgIpc) is 3.27. The Morgan fingerprint density at radius 1 is 1.03 bits per heavy atom. The minimum atomic E-state index is -0.341. The van der Waals surface area contributed by atoms with Crippen LogP contribution >= 0.6 is 0 Å². The van der Waals surface area contributed by atoms with Crippen molar-refractivity contribution in [1.82, 2.24) is 9.78 Å². The molecule has 9 heteroatoms. The standard InChI is InChI=1S/C27H22N6O3/c1-3-15-36-24-10-5-4-9-22(24)27(35)29-20-13-11-18(12-14-20)23-17-25(33(2)32-23)30-26(34)19-7-6-8-21(16-19)31-28/h1,4-14,16-17,31H,15H2,2H3,(H,29,35)(H,30,34). The highest BCUT2D eigenvalue weighted by Gasteiger charge is 2.14. The average molecular weight is 479 g/mol. The molecule has 0 radical (unpaired) electrons. The van der Waals surface area contributed by atoms with Gasteiger partial charge in [-0.15, -0.1) is 6.42 Å². The van der Waals surface area contributed by atoms with Crippen molar-refractivity contribution in [2.24, 2.45) is 7.05 Å². The van der Waals surface area contributed by atoms with E-state index in [9.17, 15) is 9.59 Å². The lowest BCUT2D eigenvalue weighted by Gasteiger charge is -2.10. The number of carbonyl (C=O) groups is 2. The molecule has 0 aliphatic heterocycles. The largest absolute Gasteiger partial charge is 0.502 e. The van der Waals surface area contributed by atoms with Crippen LogP contribution in [0, 0.1) is 12.3 Å². The third kappa shape index (κ3) is 5.46. The number of ether oxygens (including phenoxy) is 1. The van der Waals surface area contributed by atoms with Crippen molar-refractivity contribution in [2.75, 3.05) is 17.2 Å². The SMILES string of the molecule is C#CCOc1ccccc1C(=O)Nc1ccc(-c2cc(NC(=O)c3cccc([NH+]=[N-])c3)n(C)n2)cc1. The second-order valence-corrected chi connectivity index (χ2v) is 7.71. The molecule has 3 N–H and O–H groups in total. The molecule has 4 aromatic rings. The Bertz CT molecular complexity index is 1470. The van der Waals surface area contributed by atoms with Crippen LogP contribution in [0.2, 0.25) is 0 Å². The summed E-state index contributed by atoms with van der Waals surface area (Å²) >= 11 is 0. The Morgan fingerprint density at radius 2 is 1.81 bits per heavy atom. The highest BCUT2D eigenvalue weighted by molar-refractivity contribution is 6.06. The maximum Gasteiger partial charge on any atom is 0.259 e. The van der Waals surface area contributed by atoms with E-state index in [0.717, 1.165) is 5.56 Å². The predicted octanol–water partition coefficient (Wildman–Crippen LogP) is 3.34. The van der Waals surface area contributed by atoms with Gasteiger partial charge in [0.25, 0.3) is 11.8 Å². The number of nitrogens with zero attached hydrogens (tertiary/aromatic N) is 3. The van der Waals surface area contributed by atoms with Gasteiger partial charge in [0.2, 0.25) is 0 Å². The number of para-hydroxylation sites is 1. The Hall–Kier alpha value is -5.23. The summed E-state index contributed by atoms with van der Waals surface area (Å²) in [5, 5.41) is 12.2. The summed E-state index contributed by atoms with van der Waals surface area (Å²) in [5.74, 6) is 2.63. The maximum absolute atomic E-state index is 12.7. The Morgan fingerprint density at radius 3 is 2.56 bits per heavy atom. The number of aryl methyl sites for hydroxylation is 1. The van der Waals surface area contributed by atoms with Gasteiger partial charge in [-0.3, -0.25) is 19.4 Å². The third-order valence-electron chi connectivity index (χ3n) is 5.26. The highest BCUT2D eigenvalue weighted by Crippen LogP contribution is 2.25. The number of anilines is 2. The van der Waals surface area contributed by atoms with E-state index in [-0.39, 0.29) is 18.4 Å². The van der Waals surface area contributed by atoms with Crippen LogP contribution < -0.4 is 20.5 Å². The fourth-order valence-electron chi connectivity index (χ4n) is 3.47. The quantitative estimate of drug-likeness (QED) is 0.266. The molecule has 0 fully saturated rings. The number of carbonyl (C=O) groups excluding carboxylic acids is 2. The van der Waals surface area contributed by atoms with E-state index in [4.69, 9.17) is 16.7 Å². The van der Waals surface area contributed by atoms with Gasteiger partial charge < -0.3 is 20.9 Å². The fourth-order valence-corrected chi connectivity index (χ4v) is 3.47. The molecule has 9 nitrogen and oxygen atoms in total. The van der Waals surface area contributed by atoms with Crippen LogP contribution in [0.5, 0.6) is 5.75 Å². The molecule has 0 bridgehead atoms. The molecule has 1 heterocycles. The molecule has 178 valence electrons. The van der Waals surface area contributed by atoms with Crippen LogP contribution in [0.4, 0.5) is 17.2 Å². The van der Waals surface area contributed by atoms with Gasteiger partial charge in [-0.2, -0.15) is 5.10 Å². The van der Waals surface area contributed by atoms with Crippen LogP contribution in [0.25, 0.3) is 16.8 Å². The lowest BCUT2D eigenvalue weighted by Crippen LogP contribution is -2.54. The van der Waals surface area contributed by atoms with Crippen molar-refractivity contribution in [2.45, 2.75) is 0 Å². The van der Waals surface area contributed by atoms with Crippen LogP contribution in [0.1, 0.15) is 20.7 Å². The molecule has 1 aromatic heterocycles. The summed E-state index contributed by atoms with van der Waals surface area (Å²) in [6.45, 7) is 0.0672. The molecule has 0 atom stereocenters. The molecule has 3 aromatic carbocycles.